The van der Waals surface area contributed by atoms with Crippen LogP contribution in [0, 0.1) is 5.92 Å². The van der Waals surface area contributed by atoms with Crippen LogP contribution in [-0.4, -0.2) is 36.1 Å². The van der Waals surface area contributed by atoms with E-state index in [-0.39, 0.29) is 5.92 Å². The molecule has 0 aliphatic heterocycles. The smallest absolute Gasteiger partial charge is 0.0925 e. The first kappa shape index (κ1) is 24.0. The summed E-state index contributed by atoms with van der Waals surface area (Å²) in [6.45, 7) is 1.38. The fourth-order valence-corrected chi connectivity index (χ4v) is 4.33. The zero-order valence-electron chi connectivity index (χ0n) is 18.9. The Kier molecular flexibility index (Phi) is 8.68. The lowest BCUT2D eigenvalue weighted by atomic mass is 10.0. The zero-order valence-corrected chi connectivity index (χ0v) is 18.9. The number of aliphatic hydroxyl groups excluding tert-OH is 1. The summed E-state index contributed by atoms with van der Waals surface area (Å²) in [4.78, 5) is 2.98. The van der Waals surface area contributed by atoms with Crippen LogP contribution >= 0.6 is 0 Å². The summed E-state index contributed by atoms with van der Waals surface area (Å²) in [5, 5.41) is 15.0. The first-order valence-electron chi connectivity index (χ1n) is 11.4. The van der Waals surface area contributed by atoms with E-state index in [9.17, 15) is 10.6 Å². The molecule has 7 nitrogen and oxygen atoms in total. The molecular formula is C27H29N3O4. The lowest BCUT2D eigenvalue weighted by Crippen LogP contribution is -2.34. The Morgan fingerprint density at radius 3 is 1.68 bits per heavy atom. The molecule has 1 N–H and O–H groups in total. The molecule has 176 valence electrons. The highest BCUT2D eigenvalue weighted by molar-refractivity contribution is 5.16. The van der Waals surface area contributed by atoms with Crippen LogP contribution in [0.1, 0.15) is 16.7 Å². The fourth-order valence-electron chi connectivity index (χ4n) is 4.33. The van der Waals surface area contributed by atoms with Crippen molar-refractivity contribution in [2.45, 2.75) is 44.2 Å². The molecule has 0 saturated heterocycles. The van der Waals surface area contributed by atoms with Crippen LogP contribution in [0.3, 0.4) is 0 Å². The predicted octanol–water partition coefficient (Wildman–Crippen LogP) is 5.04. The van der Waals surface area contributed by atoms with Crippen molar-refractivity contribution in [3.05, 3.63) is 118 Å². The number of benzene rings is 3. The molecule has 1 aliphatic carbocycles. The van der Waals surface area contributed by atoms with Gasteiger partial charge in [0.15, 0.2) is 0 Å². The fraction of sp³-hybridized carbons (Fsp3) is 0.333. The van der Waals surface area contributed by atoms with Gasteiger partial charge in [0.25, 0.3) is 0 Å². The minimum absolute atomic E-state index is 0.294. The molecular weight excluding hydrogens is 430 g/mol. The van der Waals surface area contributed by atoms with Crippen molar-refractivity contribution in [2.75, 3.05) is 6.61 Å². The molecule has 0 unspecified atom stereocenters. The Hall–Kier alpha value is -3.19. The van der Waals surface area contributed by atoms with Crippen LogP contribution in [0.5, 0.6) is 0 Å². The second-order valence-corrected chi connectivity index (χ2v) is 8.37. The summed E-state index contributed by atoms with van der Waals surface area (Å²) >= 11 is 0. The standard InChI is InChI=1S/C27H29N3O4/c28-30-29-24-25(31)27(34-18-22-14-8-3-9-15-22)23(19-32-16-20-10-4-1-5-11-20)26(24)33-17-21-12-6-2-7-13-21/h1-15,23-27,31H,16-19H2/t23-,24+,25+,26-,27+/m1/s1. The monoisotopic (exact) mass is 459 g/mol. The average molecular weight is 460 g/mol. The number of nitrogens with zero attached hydrogens (tertiary/aromatic N) is 3. The largest absolute Gasteiger partial charge is 0.390 e. The Labute approximate surface area is 199 Å². The van der Waals surface area contributed by atoms with E-state index in [1.54, 1.807) is 0 Å². The van der Waals surface area contributed by atoms with Gasteiger partial charge in [-0.15, -0.1) is 0 Å². The van der Waals surface area contributed by atoms with Crippen molar-refractivity contribution >= 4 is 0 Å². The van der Waals surface area contributed by atoms with Crippen LogP contribution in [0.4, 0.5) is 0 Å². The number of hydrogen-bond acceptors (Lipinski definition) is 5. The second kappa shape index (κ2) is 12.3. The molecule has 3 aromatic carbocycles. The van der Waals surface area contributed by atoms with E-state index < -0.39 is 24.4 Å². The number of hydrogen-bond donors (Lipinski definition) is 1. The van der Waals surface area contributed by atoms with Crippen LogP contribution in [0.2, 0.25) is 0 Å². The summed E-state index contributed by atoms with van der Waals surface area (Å²) in [5.41, 5.74) is 12.2. The third-order valence-corrected chi connectivity index (χ3v) is 6.04. The lowest BCUT2D eigenvalue weighted by Gasteiger charge is -2.26. The topological polar surface area (TPSA) is 96.7 Å². The molecule has 0 bridgehead atoms. The van der Waals surface area contributed by atoms with Gasteiger partial charge in [0.2, 0.25) is 0 Å². The Bertz CT molecular complexity index is 1050. The van der Waals surface area contributed by atoms with Gasteiger partial charge in [-0.2, -0.15) is 0 Å². The summed E-state index contributed by atoms with van der Waals surface area (Å²) in [7, 11) is 0. The quantitative estimate of drug-likeness (QED) is 0.247. The van der Waals surface area contributed by atoms with Gasteiger partial charge in [-0.1, -0.05) is 96.1 Å². The normalized spacial score (nSPS) is 24.0. The molecule has 34 heavy (non-hydrogen) atoms. The molecule has 0 radical (unpaired) electrons. The molecule has 0 heterocycles. The maximum Gasteiger partial charge on any atom is 0.0925 e. The minimum atomic E-state index is -1.01. The van der Waals surface area contributed by atoms with E-state index in [1.165, 1.54) is 0 Å². The Balaban J connectivity index is 1.51. The van der Waals surface area contributed by atoms with Crippen LogP contribution in [0.15, 0.2) is 96.1 Å². The van der Waals surface area contributed by atoms with Crippen molar-refractivity contribution in [2.24, 2.45) is 11.0 Å². The van der Waals surface area contributed by atoms with E-state index in [1.807, 2.05) is 91.0 Å². The van der Waals surface area contributed by atoms with Gasteiger partial charge in [-0.3, -0.25) is 0 Å². The van der Waals surface area contributed by atoms with Crippen molar-refractivity contribution in [1.29, 1.82) is 0 Å². The number of ether oxygens (including phenoxy) is 3. The van der Waals surface area contributed by atoms with Gasteiger partial charge in [-0.05, 0) is 22.2 Å². The molecule has 5 atom stereocenters. The Morgan fingerprint density at radius 1 is 0.706 bits per heavy atom. The van der Waals surface area contributed by atoms with Gasteiger partial charge < -0.3 is 19.3 Å². The molecule has 0 spiro atoms. The van der Waals surface area contributed by atoms with Crippen LogP contribution < -0.4 is 0 Å². The van der Waals surface area contributed by atoms with Gasteiger partial charge in [0.1, 0.15) is 0 Å². The molecule has 1 fully saturated rings. The van der Waals surface area contributed by atoms with Gasteiger partial charge in [0.05, 0.1) is 50.8 Å². The predicted molar refractivity (Wildman–Crippen MR) is 129 cm³/mol. The van der Waals surface area contributed by atoms with E-state index in [0.717, 1.165) is 16.7 Å². The summed E-state index contributed by atoms with van der Waals surface area (Å²) < 4.78 is 18.5. The average Bonchev–Trinajstić information content (AvgIpc) is 3.13. The van der Waals surface area contributed by atoms with Crippen molar-refractivity contribution in [3.63, 3.8) is 0 Å². The van der Waals surface area contributed by atoms with E-state index >= 15 is 0 Å². The van der Waals surface area contributed by atoms with Crippen molar-refractivity contribution in [1.82, 2.24) is 0 Å². The highest BCUT2D eigenvalue weighted by atomic mass is 16.5. The van der Waals surface area contributed by atoms with E-state index in [0.29, 0.717) is 26.4 Å². The van der Waals surface area contributed by atoms with Crippen LogP contribution in [-0.2, 0) is 34.0 Å². The number of aliphatic hydroxyl groups is 1. The summed E-state index contributed by atoms with van der Waals surface area (Å²) in [5.74, 6) is -0.318. The third kappa shape index (κ3) is 6.23. The second-order valence-electron chi connectivity index (χ2n) is 8.37. The molecule has 4 rings (SSSR count). The third-order valence-electron chi connectivity index (χ3n) is 6.04. The van der Waals surface area contributed by atoms with Gasteiger partial charge >= 0.3 is 0 Å². The summed E-state index contributed by atoms with van der Waals surface area (Å²) in [6.07, 6.45) is -2.17. The molecule has 7 heteroatoms. The first-order valence-corrected chi connectivity index (χ1v) is 11.4. The minimum Gasteiger partial charge on any atom is -0.390 e. The molecule has 3 aromatic rings. The zero-order chi connectivity index (χ0) is 23.6. The molecule has 1 saturated carbocycles. The van der Waals surface area contributed by atoms with E-state index in [2.05, 4.69) is 10.0 Å². The maximum atomic E-state index is 11.1. The van der Waals surface area contributed by atoms with Gasteiger partial charge in [0, 0.05) is 10.8 Å². The Morgan fingerprint density at radius 2 is 1.18 bits per heavy atom. The van der Waals surface area contributed by atoms with Crippen LogP contribution in [0.25, 0.3) is 10.4 Å². The number of rotatable bonds is 11. The molecule has 0 aromatic heterocycles. The highest BCUT2D eigenvalue weighted by Gasteiger charge is 2.51. The first-order chi connectivity index (χ1) is 16.8. The SMILES string of the molecule is [N-]=[N+]=N[C@H]1[C@H](O)[C@@H](OCc2ccccc2)[C@H](COCc2ccccc2)[C@H]1OCc1ccccc1. The summed E-state index contributed by atoms with van der Waals surface area (Å²) in [6, 6.07) is 28.7. The van der Waals surface area contributed by atoms with Crippen molar-refractivity contribution in [3.8, 4) is 0 Å². The lowest BCUT2D eigenvalue weighted by molar-refractivity contribution is -0.0867. The van der Waals surface area contributed by atoms with Gasteiger partial charge in [-0.25, -0.2) is 0 Å². The maximum absolute atomic E-state index is 11.1. The van der Waals surface area contributed by atoms with Crippen molar-refractivity contribution < 1.29 is 19.3 Å². The highest BCUT2D eigenvalue weighted by Crippen LogP contribution is 2.36. The molecule has 0 amide bonds. The number of azide groups is 1. The van der Waals surface area contributed by atoms with E-state index in [4.69, 9.17) is 14.2 Å². The molecule has 1 aliphatic rings.